The first-order valence-electron chi connectivity index (χ1n) is 6.11. The van der Waals surface area contributed by atoms with Gasteiger partial charge in [0, 0.05) is 17.1 Å². The Kier molecular flexibility index (Phi) is 5.02. The lowest BCUT2D eigenvalue weighted by Gasteiger charge is -2.14. The quantitative estimate of drug-likeness (QED) is 0.799. The highest BCUT2D eigenvalue weighted by Gasteiger charge is 2.10. The van der Waals surface area contributed by atoms with Crippen molar-refractivity contribution in [2.24, 2.45) is 0 Å². The van der Waals surface area contributed by atoms with E-state index in [1.807, 2.05) is 26.1 Å². The van der Waals surface area contributed by atoms with Crippen LogP contribution in [0.15, 0.2) is 40.9 Å². The molecule has 1 N–H and O–H groups in total. The molecule has 2 nitrogen and oxygen atoms in total. The Labute approximate surface area is 131 Å². The molecule has 0 amide bonds. The molecule has 0 fully saturated rings. The predicted molar refractivity (Wildman–Crippen MR) is 83.1 cm³/mol. The average Bonchev–Trinajstić information content (AvgIpc) is 2.42. The molecule has 0 radical (unpaired) electrons. The number of nitrogens with one attached hydrogen (secondary N) is 1. The van der Waals surface area contributed by atoms with Gasteiger partial charge in [0.25, 0.3) is 0 Å². The Balaban J connectivity index is 2.26. The van der Waals surface area contributed by atoms with Gasteiger partial charge in [-0.2, -0.15) is 0 Å². The van der Waals surface area contributed by atoms with E-state index in [4.69, 9.17) is 16.3 Å². The molecule has 20 heavy (non-hydrogen) atoms. The van der Waals surface area contributed by atoms with Gasteiger partial charge in [-0.3, -0.25) is 0 Å². The summed E-state index contributed by atoms with van der Waals surface area (Å²) in [6.07, 6.45) is 0. The number of rotatable bonds is 4. The molecule has 0 aliphatic carbocycles. The molecular formula is C15H14BrClFNO. The molecule has 2 aromatic carbocycles. The van der Waals surface area contributed by atoms with E-state index in [-0.39, 0.29) is 11.9 Å². The Morgan fingerprint density at radius 1 is 1.25 bits per heavy atom. The lowest BCUT2D eigenvalue weighted by Crippen LogP contribution is -2.12. The van der Waals surface area contributed by atoms with Gasteiger partial charge in [0.05, 0.1) is 4.47 Å². The molecule has 1 atom stereocenters. The van der Waals surface area contributed by atoms with E-state index in [0.29, 0.717) is 21.0 Å². The second-order valence-corrected chi connectivity index (χ2v) is 5.63. The lowest BCUT2D eigenvalue weighted by atomic mass is 10.1. The zero-order valence-corrected chi connectivity index (χ0v) is 13.4. The van der Waals surface area contributed by atoms with E-state index in [0.717, 1.165) is 5.56 Å². The summed E-state index contributed by atoms with van der Waals surface area (Å²) >= 11 is 9.56. The summed E-state index contributed by atoms with van der Waals surface area (Å²) in [7, 11) is 1.87. The monoisotopic (exact) mass is 357 g/mol. The van der Waals surface area contributed by atoms with Crippen LogP contribution in [-0.2, 0) is 0 Å². The molecule has 0 bridgehead atoms. The molecule has 0 heterocycles. The topological polar surface area (TPSA) is 21.3 Å². The molecule has 2 rings (SSSR count). The maximum Gasteiger partial charge on any atom is 0.144 e. The van der Waals surface area contributed by atoms with Crippen LogP contribution in [-0.4, -0.2) is 7.05 Å². The summed E-state index contributed by atoms with van der Waals surface area (Å²) in [5.41, 5.74) is 0.986. The minimum absolute atomic E-state index is 0.150. The van der Waals surface area contributed by atoms with Crippen LogP contribution in [0.3, 0.4) is 0 Å². The largest absolute Gasteiger partial charge is 0.456 e. The van der Waals surface area contributed by atoms with Gasteiger partial charge in [-0.15, -0.1) is 0 Å². The highest BCUT2D eigenvalue weighted by Crippen LogP contribution is 2.33. The first-order valence-corrected chi connectivity index (χ1v) is 7.28. The van der Waals surface area contributed by atoms with Crippen LogP contribution in [0.4, 0.5) is 4.39 Å². The van der Waals surface area contributed by atoms with Crippen LogP contribution in [0.2, 0.25) is 5.02 Å². The molecule has 106 valence electrons. The van der Waals surface area contributed by atoms with Crippen LogP contribution >= 0.6 is 27.5 Å². The number of halogens is 3. The summed E-state index contributed by atoms with van der Waals surface area (Å²) in [4.78, 5) is 0. The van der Waals surface area contributed by atoms with E-state index in [9.17, 15) is 4.39 Å². The van der Waals surface area contributed by atoms with Crippen molar-refractivity contribution < 1.29 is 9.13 Å². The highest BCUT2D eigenvalue weighted by atomic mass is 79.9. The zero-order valence-electron chi connectivity index (χ0n) is 11.1. The minimum atomic E-state index is -0.352. The van der Waals surface area contributed by atoms with E-state index in [1.54, 1.807) is 12.1 Å². The fraction of sp³-hybridized carbons (Fsp3) is 0.200. The number of ether oxygens (including phenoxy) is 1. The minimum Gasteiger partial charge on any atom is -0.456 e. The Morgan fingerprint density at radius 2 is 2.00 bits per heavy atom. The highest BCUT2D eigenvalue weighted by molar-refractivity contribution is 9.10. The van der Waals surface area contributed by atoms with Crippen LogP contribution in [0.25, 0.3) is 0 Å². The van der Waals surface area contributed by atoms with Crippen molar-refractivity contribution in [1.29, 1.82) is 0 Å². The third-order valence-electron chi connectivity index (χ3n) is 2.99. The van der Waals surface area contributed by atoms with E-state index in [1.165, 1.54) is 12.1 Å². The van der Waals surface area contributed by atoms with Gasteiger partial charge < -0.3 is 10.1 Å². The third-order valence-corrected chi connectivity index (χ3v) is 3.97. The third kappa shape index (κ3) is 3.51. The van der Waals surface area contributed by atoms with Crippen LogP contribution < -0.4 is 10.1 Å². The summed E-state index contributed by atoms with van der Waals surface area (Å²) in [6, 6.07) is 9.87. The van der Waals surface area contributed by atoms with Gasteiger partial charge in [0.15, 0.2) is 0 Å². The molecule has 0 aliphatic heterocycles. The zero-order chi connectivity index (χ0) is 14.7. The van der Waals surface area contributed by atoms with Crippen LogP contribution in [0.5, 0.6) is 11.5 Å². The van der Waals surface area contributed by atoms with Crippen LogP contribution in [0, 0.1) is 5.82 Å². The van der Waals surface area contributed by atoms with E-state index in [2.05, 4.69) is 21.2 Å². The Bertz CT molecular complexity index is 621. The second-order valence-electron chi connectivity index (χ2n) is 4.37. The molecule has 0 spiro atoms. The predicted octanol–water partition coefficient (Wildman–Crippen LogP) is 5.31. The van der Waals surface area contributed by atoms with Gasteiger partial charge in [-0.25, -0.2) is 4.39 Å². The normalized spacial score (nSPS) is 12.2. The van der Waals surface area contributed by atoms with Crippen molar-refractivity contribution in [2.45, 2.75) is 13.0 Å². The van der Waals surface area contributed by atoms with Crippen molar-refractivity contribution in [3.8, 4) is 11.5 Å². The Morgan fingerprint density at radius 3 is 2.65 bits per heavy atom. The van der Waals surface area contributed by atoms with Crippen molar-refractivity contribution in [3.05, 3.63) is 57.3 Å². The summed E-state index contributed by atoms with van der Waals surface area (Å²) < 4.78 is 19.5. The number of hydrogen-bond donors (Lipinski definition) is 1. The molecule has 1 unspecified atom stereocenters. The van der Waals surface area contributed by atoms with Gasteiger partial charge >= 0.3 is 0 Å². The lowest BCUT2D eigenvalue weighted by molar-refractivity contribution is 0.473. The molecule has 5 heteroatoms. The van der Waals surface area contributed by atoms with E-state index >= 15 is 0 Å². The first-order chi connectivity index (χ1) is 9.51. The van der Waals surface area contributed by atoms with Crippen molar-refractivity contribution >= 4 is 27.5 Å². The summed E-state index contributed by atoms with van der Waals surface area (Å²) in [6.45, 7) is 2.02. The van der Waals surface area contributed by atoms with E-state index < -0.39 is 0 Å². The van der Waals surface area contributed by atoms with Gasteiger partial charge in [0.2, 0.25) is 0 Å². The molecule has 0 saturated heterocycles. The standard InChI is InChI=1S/C15H14BrClFNO/c1-9(19-2)12-5-4-11(8-14(12)17)20-15-7-10(18)3-6-13(15)16/h3-9,19H,1-2H3. The fourth-order valence-corrected chi connectivity index (χ4v) is 2.42. The van der Waals surface area contributed by atoms with Gasteiger partial charge in [0.1, 0.15) is 17.3 Å². The summed E-state index contributed by atoms with van der Waals surface area (Å²) in [5, 5.41) is 3.73. The fourth-order valence-electron chi connectivity index (χ4n) is 1.76. The summed E-state index contributed by atoms with van der Waals surface area (Å²) in [5.74, 6) is 0.624. The van der Waals surface area contributed by atoms with Crippen LogP contribution in [0.1, 0.15) is 18.5 Å². The molecule has 0 aromatic heterocycles. The van der Waals surface area contributed by atoms with Gasteiger partial charge in [-0.1, -0.05) is 17.7 Å². The molecule has 0 saturated carbocycles. The smallest absolute Gasteiger partial charge is 0.144 e. The van der Waals surface area contributed by atoms with Crippen molar-refractivity contribution in [3.63, 3.8) is 0 Å². The van der Waals surface area contributed by atoms with Crippen molar-refractivity contribution in [1.82, 2.24) is 5.32 Å². The first kappa shape index (κ1) is 15.3. The number of benzene rings is 2. The second kappa shape index (κ2) is 6.57. The molecule has 2 aromatic rings. The van der Waals surface area contributed by atoms with Gasteiger partial charge in [-0.05, 0) is 59.7 Å². The number of hydrogen-bond acceptors (Lipinski definition) is 2. The average molecular weight is 359 g/mol. The molecular weight excluding hydrogens is 345 g/mol. The maximum atomic E-state index is 13.2. The molecule has 0 aliphatic rings. The maximum absolute atomic E-state index is 13.2. The SMILES string of the molecule is CNC(C)c1ccc(Oc2cc(F)ccc2Br)cc1Cl. The Hall–Kier alpha value is -1.10. The van der Waals surface area contributed by atoms with Crippen molar-refractivity contribution in [2.75, 3.05) is 7.05 Å².